The number of nitrogens with zero attached hydrogens (tertiary/aromatic N) is 1. The molecule has 0 aliphatic carbocycles. The highest BCUT2D eigenvalue weighted by Crippen LogP contribution is 2.22. The van der Waals surface area contributed by atoms with Gasteiger partial charge in [-0.05, 0) is 54.6 Å². The van der Waals surface area contributed by atoms with E-state index in [0.717, 1.165) is 3.57 Å². The average Bonchev–Trinajstić information content (AvgIpc) is 2.38. The minimum absolute atomic E-state index is 0.0826. The van der Waals surface area contributed by atoms with Gasteiger partial charge in [0, 0.05) is 13.1 Å². The number of amides is 1. The summed E-state index contributed by atoms with van der Waals surface area (Å²) in [6, 6.07) is 4.59. The quantitative estimate of drug-likeness (QED) is 0.773. The minimum Gasteiger partial charge on any atom is -0.483 e. The first-order valence-electron chi connectivity index (χ1n) is 5.93. The van der Waals surface area contributed by atoms with Crippen LogP contribution in [-0.4, -0.2) is 41.6 Å². The molecule has 1 N–H and O–H groups in total. The van der Waals surface area contributed by atoms with Crippen LogP contribution in [0.15, 0.2) is 18.2 Å². The van der Waals surface area contributed by atoms with Gasteiger partial charge in [0.2, 0.25) is 0 Å². The molecule has 5 nitrogen and oxygen atoms in total. The van der Waals surface area contributed by atoms with Crippen molar-refractivity contribution in [3.8, 4) is 5.75 Å². The summed E-state index contributed by atoms with van der Waals surface area (Å²) in [5, 5.41) is 8.91. The van der Waals surface area contributed by atoms with Gasteiger partial charge in [-0.2, -0.15) is 0 Å². The summed E-state index contributed by atoms with van der Waals surface area (Å²) in [7, 11) is 0. The second kappa shape index (κ2) is 7.32. The van der Waals surface area contributed by atoms with Gasteiger partial charge in [0.15, 0.2) is 6.61 Å². The van der Waals surface area contributed by atoms with Gasteiger partial charge in [-0.25, -0.2) is 4.79 Å². The molecule has 0 fully saturated rings. The number of halogens is 1. The Bertz CT molecular complexity index is 472. The fraction of sp³-hybridized carbons (Fsp3) is 0.385. The lowest BCUT2D eigenvalue weighted by atomic mass is 10.2. The number of carboxylic acids is 1. The third kappa shape index (κ3) is 4.38. The topological polar surface area (TPSA) is 66.8 Å². The SMILES string of the molecule is CCN(CC)C(=O)COc1cc(C(=O)O)ccc1I. The molecule has 0 spiro atoms. The molecule has 6 heteroatoms. The van der Waals surface area contributed by atoms with E-state index in [2.05, 4.69) is 0 Å². The zero-order valence-corrected chi connectivity index (χ0v) is 13.0. The van der Waals surface area contributed by atoms with Crippen molar-refractivity contribution < 1.29 is 19.4 Å². The monoisotopic (exact) mass is 377 g/mol. The molecular formula is C13H16INO4. The first-order chi connectivity index (χ1) is 8.99. The molecule has 1 rings (SSSR count). The number of benzene rings is 1. The molecule has 0 saturated heterocycles. The first-order valence-corrected chi connectivity index (χ1v) is 7.00. The Labute approximate surface area is 125 Å². The van der Waals surface area contributed by atoms with E-state index >= 15 is 0 Å². The number of likely N-dealkylation sites (N-methyl/N-ethyl adjacent to an activating group) is 1. The summed E-state index contributed by atoms with van der Waals surface area (Å²) >= 11 is 2.04. The largest absolute Gasteiger partial charge is 0.483 e. The van der Waals surface area contributed by atoms with E-state index in [-0.39, 0.29) is 18.1 Å². The predicted molar refractivity (Wildman–Crippen MR) is 79.5 cm³/mol. The Balaban J connectivity index is 2.74. The van der Waals surface area contributed by atoms with Crippen LogP contribution in [0.3, 0.4) is 0 Å². The molecule has 0 aliphatic rings. The van der Waals surface area contributed by atoms with Gasteiger partial charge in [-0.1, -0.05) is 0 Å². The zero-order valence-electron chi connectivity index (χ0n) is 10.9. The van der Waals surface area contributed by atoms with Crippen molar-refractivity contribution in [2.24, 2.45) is 0 Å². The van der Waals surface area contributed by atoms with Gasteiger partial charge in [0.25, 0.3) is 5.91 Å². The van der Waals surface area contributed by atoms with Crippen molar-refractivity contribution in [1.29, 1.82) is 0 Å². The van der Waals surface area contributed by atoms with Gasteiger partial charge in [0.1, 0.15) is 5.75 Å². The number of rotatable bonds is 6. The van der Waals surface area contributed by atoms with Gasteiger partial charge in [-0.15, -0.1) is 0 Å². The second-order valence-electron chi connectivity index (χ2n) is 3.81. The van der Waals surface area contributed by atoms with Crippen LogP contribution in [0.25, 0.3) is 0 Å². The van der Waals surface area contributed by atoms with Gasteiger partial charge >= 0.3 is 5.97 Å². The molecule has 0 unspecified atom stereocenters. The highest BCUT2D eigenvalue weighted by molar-refractivity contribution is 14.1. The lowest BCUT2D eigenvalue weighted by molar-refractivity contribution is -0.132. The van der Waals surface area contributed by atoms with E-state index in [0.29, 0.717) is 18.8 Å². The highest BCUT2D eigenvalue weighted by atomic mass is 127. The van der Waals surface area contributed by atoms with Gasteiger partial charge in [-0.3, -0.25) is 4.79 Å². The van der Waals surface area contributed by atoms with Crippen molar-refractivity contribution in [3.63, 3.8) is 0 Å². The van der Waals surface area contributed by atoms with Crippen molar-refractivity contribution in [2.75, 3.05) is 19.7 Å². The molecule has 0 heterocycles. The maximum absolute atomic E-state index is 11.8. The van der Waals surface area contributed by atoms with E-state index in [1.54, 1.807) is 11.0 Å². The Kier molecular flexibility index (Phi) is 6.07. The van der Waals surface area contributed by atoms with Crippen LogP contribution in [0, 0.1) is 3.57 Å². The van der Waals surface area contributed by atoms with Crippen LogP contribution in [0.5, 0.6) is 5.75 Å². The standard InChI is InChI=1S/C13H16INO4/c1-3-15(4-2)12(16)8-19-11-7-9(13(17)18)5-6-10(11)14/h5-7H,3-4,8H2,1-2H3,(H,17,18). The van der Waals surface area contributed by atoms with E-state index in [9.17, 15) is 9.59 Å². The van der Waals surface area contributed by atoms with Gasteiger partial charge in [0.05, 0.1) is 9.13 Å². The van der Waals surface area contributed by atoms with E-state index < -0.39 is 5.97 Å². The smallest absolute Gasteiger partial charge is 0.335 e. The minimum atomic E-state index is -1.02. The zero-order chi connectivity index (χ0) is 14.4. The predicted octanol–water partition coefficient (Wildman–Crippen LogP) is 2.24. The second-order valence-corrected chi connectivity index (χ2v) is 4.97. The fourth-order valence-corrected chi connectivity index (χ4v) is 2.05. The summed E-state index contributed by atoms with van der Waals surface area (Å²) in [4.78, 5) is 24.3. The van der Waals surface area contributed by atoms with E-state index in [1.165, 1.54) is 12.1 Å². The normalized spacial score (nSPS) is 10.1. The lowest BCUT2D eigenvalue weighted by Gasteiger charge is -2.19. The third-order valence-corrected chi connectivity index (χ3v) is 3.54. The van der Waals surface area contributed by atoms with Crippen LogP contribution >= 0.6 is 22.6 Å². The van der Waals surface area contributed by atoms with Crippen molar-refractivity contribution in [1.82, 2.24) is 4.90 Å². The number of carbonyl (C=O) groups excluding carboxylic acids is 1. The number of carbonyl (C=O) groups is 2. The van der Waals surface area contributed by atoms with Crippen molar-refractivity contribution in [3.05, 3.63) is 27.3 Å². The van der Waals surface area contributed by atoms with Crippen LogP contribution in [0.4, 0.5) is 0 Å². The van der Waals surface area contributed by atoms with Crippen LogP contribution in [0.1, 0.15) is 24.2 Å². The Morgan fingerprint density at radius 3 is 2.47 bits per heavy atom. The number of carboxylic acid groups (broad SMARTS) is 1. The van der Waals surface area contributed by atoms with Crippen LogP contribution in [0.2, 0.25) is 0 Å². The number of aromatic carboxylic acids is 1. The molecule has 1 aromatic carbocycles. The summed E-state index contributed by atoms with van der Waals surface area (Å²) < 4.78 is 6.19. The number of hydrogen-bond donors (Lipinski definition) is 1. The molecule has 0 atom stereocenters. The molecule has 1 aromatic rings. The molecule has 0 saturated carbocycles. The summed E-state index contributed by atoms with van der Waals surface area (Å²) in [6.45, 7) is 4.98. The third-order valence-electron chi connectivity index (χ3n) is 2.65. The average molecular weight is 377 g/mol. The molecule has 0 aromatic heterocycles. The molecule has 0 radical (unpaired) electrons. The van der Waals surface area contributed by atoms with Crippen LogP contribution in [-0.2, 0) is 4.79 Å². The maximum Gasteiger partial charge on any atom is 0.335 e. The lowest BCUT2D eigenvalue weighted by Crippen LogP contribution is -2.34. The van der Waals surface area contributed by atoms with E-state index in [1.807, 2.05) is 36.4 Å². The summed E-state index contributed by atoms with van der Waals surface area (Å²) in [5.41, 5.74) is 0.144. The maximum atomic E-state index is 11.8. The Morgan fingerprint density at radius 1 is 1.32 bits per heavy atom. The Hall–Kier alpha value is -1.31. The summed E-state index contributed by atoms with van der Waals surface area (Å²) in [6.07, 6.45) is 0. The fourth-order valence-electron chi connectivity index (χ4n) is 1.55. The van der Waals surface area contributed by atoms with Crippen molar-refractivity contribution in [2.45, 2.75) is 13.8 Å². The summed E-state index contributed by atoms with van der Waals surface area (Å²) in [5.74, 6) is -0.709. The number of ether oxygens (including phenoxy) is 1. The highest BCUT2D eigenvalue weighted by Gasteiger charge is 2.13. The molecule has 19 heavy (non-hydrogen) atoms. The molecule has 0 aliphatic heterocycles. The molecule has 1 amide bonds. The molecule has 0 bridgehead atoms. The van der Waals surface area contributed by atoms with Crippen LogP contribution < -0.4 is 4.74 Å². The number of hydrogen-bond acceptors (Lipinski definition) is 3. The van der Waals surface area contributed by atoms with Gasteiger partial charge < -0.3 is 14.7 Å². The first kappa shape index (κ1) is 15.7. The van der Waals surface area contributed by atoms with E-state index in [4.69, 9.17) is 9.84 Å². The molecule has 104 valence electrons. The Morgan fingerprint density at radius 2 is 1.95 bits per heavy atom. The van der Waals surface area contributed by atoms with Crippen molar-refractivity contribution >= 4 is 34.5 Å². The molecular weight excluding hydrogens is 361 g/mol.